The molecular weight excluding hydrogens is 542 g/mol. The van der Waals surface area contributed by atoms with E-state index in [1.54, 1.807) is 0 Å². The molecular formula is C20H29BrClN3O5S2. The number of hydrogen-bond donors (Lipinski definition) is 1. The van der Waals surface area contributed by atoms with E-state index in [0.29, 0.717) is 25.9 Å². The topological polar surface area (TPSA) is 110 Å². The van der Waals surface area contributed by atoms with Gasteiger partial charge in [0.05, 0.1) is 8.81 Å². The van der Waals surface area contributed by atoms with E-state index in [1.807, 2.05) is 4.90 Å². The lowest BCUT2D eigenvalue weighted by atomic mass is 9.78. The summed E-state index contributed by atoms with van der Waals surface area (Å²) in [5.41, 5.74) is 3.98. The number of carbonyl (C=O) groups excluding carboxylic acids is 2. The Hall–Kier alpha value is -0.720. The zero-order chi connectivity index (χ0) is 23.9. The Morgan fingerprint density at radius 3 is 2.22 bits per heavy atom. The molecule has 3 rings (SSSR count). The third kappa shape index (κ3) is 5.50. The van der Waals surface area contributed by atoms with Crippen LogP contribution in [-0.2, 0) is 23.9 Å². The molecule has 2 amide bonds. The van der Waals surface area contributed by atoms with Gasteiger partial charge in [-0.15, -0.1) is 11.3 Å². The molecule has 0 spiro atoms. The number of rotatable bonds is 5. The van der Waals surface area contributed by atoms with Gasteiger partial charge in [-0.05, 0) is 68.5 Å². The average molecular weight is 571 g/mol. The number of carbonyl (C=O) groups is 2. The fourth-order valence-electron chi connectivity index (χ4n) is 4.30. The van der Waals surface area contributed by atoms with Crippen molar-refractivity contribution in [3.63, 3.8) is 0 Å². The summed E-state index contributed by atoms with van der Waals surface area (Å²) < 4.78 is 31.5. The van der Waals surface area contributed by atoms with Crippen LogP contribution in [0.1, 0.15) is 46.5 Å². The number of amides is 2. The third-order valence-electron chi connectivity index (χ3n) is 6.25. The largest absolute Gasteiger partial charge is 0.367 e. The van der Waals surface area contributed by atoms with Gasteiger partial charge in [-0.2, -0.15) is 8.42 Å². The van der Waals surface area contributed by atoms with Crippen molar-refractivity contribution in [1.82, 2.24) is 9.80 Å². The Bertz CT molecular complexity index is 976. The lowest BCUT2D eigenvalue weighted by molar-refractivity contribution is -0.145. The highest BCUT2D eigenvalue weighted by molar-refractivity contribution is 9.10. The minimum atomic E-state index is -4.27. The summed E-state index contributed by atoms with van der Waals surface area (Å²) in [5.74, 6) is -1.07. The van der Waals surface area contributed by atoms with E-state index in [0.717, 1.165) is 24.4 Å². The maximum absolute atomic E-state index is 13.1. The summed E-state index contributed by atoms with van der Waals surface area (Å²) in [6, 6.07) is 1.45. The first-order chi connectivity index (χ1) is 14.7. The molecule has 0 radical (unpaired) electrons. The van der Waals surface area contributed by atoms with Crippen molar-refractivity contribution in [2.45, 2.75) is 61.8 Å². The fourth-order valence-corrected chi connectivity index (χ4v) is 8.46. The van der Waals surface area contributed by atoms with Gasteiger partial charge in [0.15, 0.2) is 9.81 Å². The number of primary amides is 1. The second-order valence-corrected chi connectivity index (χ2v) is 13.6. The highest BCUT2D eigenvalue weighted by atomic mass is 79.9. The molecule has 1 aromatic rings. The first-order valence-corrected chi connectivity index (χ1v) is 13.9. The standard InChI is InChI=1S/C20H29BrClN3O5S2/c1-19(2,3)25-10-8-24(9-11-25)16(26)13-4-6-20(7-5-13,18(23)27)30-32(28,29)17-14(21)12-15(22)31-17/h12-13H,4-11H2,1-3H3,(H2,23,27). The van der Waals surface area contributed by atoms with Crippen LogP contribution in [0.2, 0.25) is 4.34 Å². The van der Waals surface area contributed by atoms with Crippen molar-refractivity contribution in [2.24, 2.45) is 11.7 Å². The average Bonchev–Trinajstić information content (AvgIpc) is 3.06. The molecule has 1 saturated heterocycles. The second kappa shape index (κ2) is 9.50. The van der Waals surface area contributed by atoms with E-state index in [1.165, 1.54) is 6.07 Å². The van der Waals surface area contributed by atoms with Crippen LogP contribution in [0.4, 0.5) is 0 Å². The molecule has 2 N–H and O–H groups in total. The Kier molecular flexibility index (Phi) is 7.69. The summed E-state index contributed by atoms with van der Waals surface area (Å²) >= 11 is 9.90. The molecule has 0 unspecified atom stereocenters. The number of nitrogens with two attached hydrogens (primary N) is 1. The zero-order valence-electron chi connectivity index (χ0n) is 18.4. The van der Waals surface area contributed by atoms with Gasteiger partial charge < -0.3 is 10.6 Å². The number of halogens is 2. The van der Waals surface area contributed by atoms with E-state index >= 15 is 0 Å². The van der Waals surface area contributed by atoms with Gasteiger partial charge in [0.1, 0.15) is 0 Å². The quantitative estimate of drug-likeness (QED) is 0.545. The van der Waals surface area contributed by atoms with Crippen molar-refractivity contribution in [3.8, 4) is 0 Å². The molecule has 8 nitrogen and oxygen atoms in total. The molecule has 0 bridgehead atoms. The third-order valence-corrected chi connectivity index (χ3v) is 10.5. The molecule has 0 atom stereocenters. The molecule has 1 aromatic heterocycles. The number of thiophene rings is 1. The number of piperazine rings is 1. The lowest BCUT2D eigenvalue weighted by Gasteiger charge is -2.44. The predicted molar refractivity (Wildman–Crippen MR) is 127 cm³/mol. The van der Waals surface area contributed by atoms with Gasteiger partial charge in [0.25, 0.3) is 5.91 Å². The van der Waals surface area contributed by atoms with Gasteiger partial charge in [0.2, 0.25) is 5.91 Å². The molecule has 1 aliphatic heterocycles. The molecule has 12 heteroatoms. The molecule has 180 valence electrons. The normalized spacial score (nSPS) is 25.7. The summed E-state index contributed by atoms with van der Waals surface area (Å²) in [4.78, 5) is 29.6. The van der Waals surface area contributed by atoms with Crippen LogP contribution in [0.3, 0.4) is 0 Å². The molecule has 2 heterocycles. The minimum Gasteiger partial charge on any atom is -0.367 e. The van der Waals surface area contributed by atoms with Crippen molar-refractivity contribution in [3.05, 3.63) is 14.9 Å². The Balaban J connectivity index is 1.66. The zero-order valence-corrected chi connectivity index (χ0v) is 22.4. The maximum Gasteiger partial charge on any atom is 0.308 e. The molecule has 2 fully saturated rings. The van der Waals surface area contributed by atoms with E-state index < -0.39 is 21.6 Å². The fraction of sp³-hybridized carbons (Fsp3) is 0.700. The molecule has 2 aliphatic rings. The SMILES string of the molecule is CC(C)(C)N1CCN(C(=O)C2CCC(OS(=O)(=O)c3sc(Cl)cc3Br)(C(N)=O)CC2)CC1. The predicted octanol–water partition coefficient (Wildman–Crippen LogP) is 3.23. The smallest absolute Gasteiger partial charge is 0.308 e. The van der Waals surface area contributed by atoms with Crippen LogP contribution in [0, 0.1) is 5.92 Å². The van der Waals surface area contributed by atoms with Gasteiger partial charge in [0, 0.05) is 37.6 Å². The van der Waals surface area contributed by atoms with Crippen molar-refractivity contribution in [1.29, 1.82) is 0 Å². The summed E-state index contributed by atoms with van der Waals surface area (Å²) in [5, 5.41) is 0. The van der Waals surface area contributed by atoms with Crippen LogP contribution >= 0.6 is 38.9 Å². The van der Waals surface area contributed by atoms with E-state index in [9.17, 15) is 18.0 Å². The van der Waals surface area contributed by atoms with Crippen molar-refractivity contribution in [2.75, 3.05) is 26.2 Å². The van der Waals surface area contributed by atoms with Gasteiger partial charge in [-0.1, -0.05) is 11.6 Å². The van der Waals surface area contributed by atoms with E-state index in [-0.39, 0.29) is 43.2 Å². The molecule has 32 heavy (non-hydrogen) atoms. The summed E-state index contributed by atoms with van der Waals surface area (Å²) in [7, 11) is -4.27. The van der Waals surface area contributed by atoms with Gasteiger partial charge in [-0.25, -0.2) is 4.18 Å². The molecule has 0 aromatic carbocycles. The highest BCUT2D eigenvalue weighted by Crippen LogP contribution is 2.41. The lowest BCUT2D eigenvalue weighted by Crippen LogP contribution is -2.56. The van der Waals surface area contributed by atoms with Crippen molar-refractivity contribution >= 4 is 60.8 Å². The number of nitrogens with zero attached hydrogens (tertiary/aromatic N) is 2. The second-order valence-electron chi connectivity index (χ2n) is 9.34. The summed E-state index contributed by atoms with van der Waals surface area (Å²) in [6.07, 6.45) is 0.805. The first-order valence-electron chi connectivity index (χ1n) is 10.5. The Morgan fingerprint density at radius 2 is 1.78 bits per heavy atom. The van der Waals surface area contributed by atoms with E-state index in [4.69, 9.17) is 21.5 Å². The van der Waals surface area contributed by atoms with Crippen LogP contribution in [-0.4, -0.2) is 67.4 Å². The van der Waals surface area contributed by atoms with Crippen LogP contribution < -0.4 is 5.73 Å². The van der Waals surface area contributed by atoms with Crippen LogP contribution in [0.25, 0.3) is 0 Å². The van der Waals surface area contributed by atoms with E-state index in [2.05, 4.69) is 41.6 Å². The Morgan fingerprint density at radius 1 is 1.22 bits per heavy atom. The summed E-state index contributed by atoms with van der Waals surface area (Å²) in [6.45, 7) is 9.42. The molecule has 1 aliphatic carbocycles. The van der Waals surface area contributed by atoms with Crippen LogP contribution in [0.15, 0.2) is 14.7 Å². The maximum atomic E-state index is 13.1. The highest BCUT2D eigenvalue weighted by Gasteiger charge is 2.48. The molecule has 1 saturated carbocycles. The van der Waals surface area contributed by atoms with Crippen LogP contribution in [0.5, 0.6) is 0 Å². The monoisotopic (exact) mass is 569 g/mol. The van der Waals surface area contributed by atoms with Gasteiger partial charge in [-0.3, -0.25) is 14.5 Å². The van der Waals surface area contributed by atoms with Crippen molar-refractivity contribution < 1.29 is 22.2 Å². The van der Waals surface area contributed by atoms with Gasteiger partial charge >= 0.3 is 10.1 Å². The first kappa shape index (κ1) is 25.9. The number of hydrogen-bond acceptors (Lipinski definition) is 7. The Labute approximate surface area is 206 Å². The minimum absolute atomic E-state index is 0.0484.